The summed E-state index contributed by atoms with van der Waals surface area (Å²) in [5.74, 6) is 0.00116. The first-order chi connectivity index (χ1) is 10.2. The summed E-state index contributed by atoms with van der Waals surface area (Å²) in [5, 5.41) is 3.08. The van der Waals surface area contributed by atoms with Crippen molar-refractivity contribution in [3.63, 3.8) is 0 Å². The summed E-state index contributed by atoms with van der Waals surface area (Å²) in [5.41, 5.74) is 7.56. The molecule has 1 fully saturated rings. The van der Waals surface area contributed by atoms with Gasteiger partial charge in [-0.05, 0) is 49.3 Å². The molecule has 0 bridgehead atoms. The molecule has 1 saturated carbocycles. The highest BCUT2D eigenvalue weighted by molar-refractivity contribution is 5.94. The second-order valence-electron chi connectivity index (χ2n) is 5.88. The van der Waals surface area contributed by atoms with E-state index in [0.29, 0.717) is 12.1 Å². The molecule has 0 atom stereocenters. The third-order valence-corrected chi connectivity index (χ3v) is 4.47. The van der Waals surface area contributed by atoms with Crippen LogP contribution in [-0.4, -0.2) is 25.7 Å². The summed E-state index contributed by atoms with van der Waals surface area (Å²) in [6.07, 6.45) is 4.67. The van der Waals surface area contributed by atoms with Gasteiger partial charge in [0.05, 0.1) is 0 Å². The van der Waals surface area contributed by atoms with Gasteiger partial charge in [0.15, 0.2) is 0 Å². The number of carbonyl (C=O) groups is 1. The zero-order chi connectivity index (χ0) is 15.1. The van der Waals surface area contributed by atoms with Crippen LogP contribution in [0.2, 0.25) is 0 Å². The maximum absolute atomic E-state index is 12.2. The lowest BCUT2D eigenvalue weighted by atomic mass is 9.66. The zero-order valence-corrected chi connectivity index (χ0v) is 14.1. The smallest absolute Gasteiger partial charge is 0.251 e. The van der Waals surface area contributed by atoms with Crippen LogP contribution < -0.4 is 11.1 Å². The molecule has 1 aromatic carbocycles. The van der Waals surface area contributed by atoms with Gasteiger partial charge in [-0.3, -0.25) is 4.79 Å². The van der Waals surface area contributed by atoms with Crippen molar-refractivity contribution in [2.24, 2.45) is 11.1 Å². The van der Waals surface area contributed by atoms with E-state index in [1.807, 2.05) is 31.2 Å². The molecule has 0 aliphatic heterocycles. The lowest BCUT2D eigenvalue weighted by Gasteiger charge is -2.42. The fraction of sp³-hybridized carbons (Fsp3) is 0.588. The van der Waals surface area contributed by atoms with Crippen LogP contribution in [0.3, 0.4) is 0 Å². The predicted molar refractivity (Wildman–Crippen MR) is 91.3 cm³/mol. The van der Waals surface area contributed by atoms with Gasteiger partial charge in [-0.15, -0.1) is 12.4 Å². The van der Waals surface area contributed by atoms with Gasteiger partial charge < -0.3 is 15.8 Å². The number of hydrogen-bond acceptors (Lipinski definition) is 3. The molecule has 5 heteroatoms. The van der Waals surface area contributed by atoms with Crippen molar-refractivity contribution in [2.75, 3.05) is 19.8 Å². The average Bonchev–Trinajstić information content (AvgIpc) is 2.49. The van der Waals surface area contributed by atoms with Gasteiger partial charge in [-0.1, -0.05) is 18.6 Å². The largest absolute Gasteiger partial charge is 0.382 e. The molecule has 0 aromatic heterocycles. The molecule has 0 radical (unpaired) electrons. The Morgan fingerprint density at radius 2 is 2.00 bits per heavy atom. The standard InChI is InChI=1S/C17H26N2O2.ClH/c1-2-21-11-10-17(8-3-9-17)13-19-16(20)15-6-4-14(12-18)5-7-15;/h4-7H,2-3,8-13,18H2,1H3,(H,19,20);1H. The SMILES string of the molecule is CCOCCC1(CNC(=O)c2ccc(CN)cc2)CCC1.Cl. The number of rotatable bonds is 8. The third-order valence-electron chi connectivity index (χ3n) is 4.47. The number of hydrogen-bond donors (Lipinski definition) is 2. The van der Waals surface area contributed by atoms with Crippen LogP contribution in [0.5, 0.6) is 0 Å². The first kappa shape index (κ1) is 18.9. The Labute approximate surface area is 139 Å². The maximum atomic E-state index is 12.2. The minimum Gasteiger partial charge on any atom is -0.382 e. The maximum Gasteiger partial charge on any atom is 0.251 e. The number of benzene rings is 1. The van der Waals surface area contributed by atoms with Crippen LogP contribution >= 0.6 is 12.4 Å². The Morgan fingerprint density at radius 3 is 2.50 bits per heavy atom. The van der Waals surface area contributed by atoms with E-state index in [1.165, 1.54) is 19.3 Å². The molecule has 1 amide bonds. The Morgan fingerprint density at radius 1 is 1.32 bits per heavy atom. The molecule has 0 heterocycles. The molecule has 0 saturated heterocycles. The Balaban J connectivity index is 0.00000242. The van der Waals surface area contributed by atoms with Gasteiger partial charge >= 0.3 is 0 Å². The lowest BCUT2D eigenvalue weighted by molar-refractivity contribution is 0.0513. The molecule has 22 heavy (non-hydrogen) atoms. The molecule has 0 spiro atoms. The Kier molecular flexibility index (Phi) is 7.87. The molecule has 1 aromatic rings. The summed E-state index contributed by atoms with van der Waals surface area (Å²) >= 11 is 0. The van der Waals surface area contributed by atoms with Crippen molar-refractivity contribution in [3.8, 4) is 0 Å². The first-order valence-electron chi connectivity index (χ1n) is 7.84. The number of ether oxygens (including phenoxy) is 1. The number of halogens is 1. The van der Waals surface area contributed by atoms with E-state index >= 15 is 0 Å². The Hall–Kier alpha value is -1.10. The van der Waals surface area contributed by atoms with E-state index in [0.717, 1.165) is 31.7 Å². The summed E-state index contributed by atoms with van der Waals surface area (Å²) in [4.78, 5) is 12.2. The van der Waals surface area contributed by atoms with E-state index in [1.54, 1.807) is 0 Å². The fourth-order valence-corrected chi connectivity index (χ4v) is 2.79. The highest BCUT2D eigenvalue weighted by Crippen LogP contribution is 2.43. The highest BCUT2D eigenvalue weighted by atomic mass is 35.5. The number of nitrogens with one attached hydrogen (secondary N) is 1. The van der Waals surface area contributed by atoms with Gasteiger partial charge in [-0.2, -0.15) is 0 Å². The van der Waals surface area contributed by atoms with Gasteiger partial charge in [-0.25, -0.2) is 0 Å². The van der Waals surface area contributed by atoms with Crippen molar-refractivity contribution in [1.82, 2.24) is 5.32 Å². The van der Waals surface area contributed by atoms with E-state index in [9.17, 15) is 4.79 Å². The molecule has 3 N–H and O–H groups in total. The van der Waals surface area contributed by atoms with Crippen molar-refractivity contribution < 1.29 is 9.53 Å². The van der Waals surface area contributed by atoms with Crippen LogP contribution in [-0.2, 0) is 11.3 Å². The molecule has 124 valence electrons. The molecule has 2 rings (SSSR count). The first-order valence-corrected chi connectivity index (χ1v) is 7.84. The van der Waals surface area contributed by atoms with Crippen molar-refractivity contribution in [3.05, 3.63) is 35.4 Å². The molecule has 1 aliphatic rings. The molecule has 4 nitrogen and oxygen atoms in total. The minimum absolute atomic E-state index is 0. The molecule has 0 unspecified atom stereocenters. The topological polar surface area (TPSA) is 64.3 Å². The van der Waals surface area contributed by atoms with Crippen LogP contribution in [0.4, 0.5) is 0 Å². The summed E-state index contributed by atoms with van der Waals surface area (Å²) in [7, 11) is 0. The quantitative estimate of drug-likeness (QED) is 0.722. The van der Waals surface area contributed by atoms with E-state index in [-0.39, 0.29) is 23.7 Å². The van der Waals surface area contributed by atoms with Gasteiger partial charge in [0, 0.05) is 31.9 Å². The number of nitrogens with two attached hydrogens (primary N) is 1. The van der Waals surface area contributed by atoms with E-state index in [4.69, 9.17) is 10.5 Å². The summed E-state index contributed by atoms with van der Waals surface area (Å²) in [6, 6.07) is 7.49. The molecular weight excluding hydrogens is 300 g/mol. The van der Waals surface area contributed by atoms with Gasteiger partial charge in [0.1, 0.15) is 0 Å². The monoisotopic (exact) mass is 326 g/mol. The van der Waals surface area contributed by atoms with Crippen molar-refractivity contribution >= 4 is 18.3 Å². The zero-order valence-electron chi connectivity index (χ0n) is 13.3. The second-order valence-corrected chi connectivity index (χ2v) is 5.88. The summed E-state index contributed by atoms with van der Waals surface area (Å²) in [6.45, 7) is 4.81. The van der Waals surface area contributed by atoms with Crippen LogP contribution in [0.15, 0.2) is 24.3 Å². The van der Waals surface area contributed by atoms with Crippen LogP contribution in [0, 0.1) is 5.41 Å². The van der Waals surface area contributed by atoms with Crippen LogP contribution in [0.1, 0.15) is 48.5 Å². The number of carbonyl (C=O) groups excluding carboxylic acids is 1. The van der Waals surface area contributed by atoms with Crippen molar-refractivity contribution in [1.29, 1.82) is 0 Å². The average molecular weight is 327 g/mol. The van der Waals surface area contributed by atoms with Gasteiger partial charge in [0.25, 0.3) is 5.91 Å². The van der Waals surface area contributed by atoms with Crippen molar-refractivity contribution in [2.45, 2.75) is 39.2 Å². The van der Waals surface area contributed by atoms with E-state index < -0.39 is 0 Å². The lowest BCUT2D eigenvalue weighted by Crippen LogP contribution is -2.42. The van der Waals surface area contributed by atoms with E-state index in [2.05, 4.69) is 5.32 Å². The molecular formula is C17H27ClN2O2. The molecule has 1 aliphatic carbocycles. The minimum atomic E-state index is 0. The second kappa shape index (κ2) is 9.13. The Bertz CT molecular complexity index is 458. The highest BCUT2D eigenvalue weighted by Gasteiger charge is 2.36. The fourth-order valence-electron chi connectivity index (χ4n) is 2.79. The van der Waals surface area contributed by atoms with Gasteiger partial charge in [0.2, 0.25) is 0 Å². The third kappa shape index (κ3) is 4.97. The normalized spacial score (nSPS) is 15.5. The predicted octanol–water partition coefficient (Wildman–Crippen LogP) is 2.89. The summed E-state index contributed by atoms with van der Waals surface area (Å²) < 4.78 is 5.46. The number of amides is 1. The van der Waals surface area contributed by atoms with Crippen LogP contribution in [0.25, 0.3) is 0 Å².